The quantitative estimate of drug-likeness (QED) is 0.693. The van der Waals surface area contributed by atoms with Gasteiger partial charge in [-0.05, 0) is 25.7 Å². The maximum atomic E-state index is 12.6. The number of hydrogen-bond acceptors (Lipinski definition) is 6. The molecule has 2 aliphatic rings. The highest BCUT2D eigenvalue weighted by Crippen LogP contribution is 2.31. The monoisotopic (exact) mass is 378 g/mol. The van der Waals surface area contributed by atoms with Crippen molar-refractivity contribution in [3.05, 3.63) is 36.5 Å². The molecule has 0 unspecified atom stereocenters. The molecule has 0 spiro atoms. The number of carbonyl (C=O) groups excluding carboxylic acids is 1. The van der Waals surface area contributed by atoms with Crippen LogP contribution in [0.15, 0.2) is 41.1 Å². The third-order valence-corrected chi connectivity index (χ3v) is 5.72. The Balaban J connectivity index is 1.31. The van der Waals surface area contributed by atoms with Crippen LogP contribution in [0.4, 0.5) is 0 Å². The van der Waals surface area contributed by atoms with Crippen molar-refractivity contribution < 1.29 is 9.32 Å². The van der Waals surface area contributed by atoms with Crippen LogP contribution >= 0.6 is 0 Å². The molecular formula is C20H22N6O2. The van der Waals surface area contributed by atoms with Crippen molar-refractivity contribution in [2.45, 2.75) is 38.1 Å². The molecule has 1 aliphatic heterocycles. The Morgan fingerprint density at radius 2 is 1.96 bits per heavy atom. The Bertz CT molecular complexity index is 962. The van der Waals surface area contributed by atoms with Crippen molar-refractivity contribution in [2.24, 2.45) is 5.92 Å². The van der Waals surface area contributed by atoms with Gasteiger partial charge in [-0.25, -0.2) is 4.68 Å². The van der Waals surface area contributed by atoms with Crippen molar-refractivity contribution in [3.63, 3.8) is 0 Å². The minimum atomic E-state index is 0.135. The second-order valence-corrected chi connectivity index (χ2v) is 7.58. The smallest absolute Gasteiger partial charge is 0.280 e. The Hall–Kier alpha value is -3.03. The summed E-state index contributed by atoms with van der Waals surface area (Å²) in [6.07, 6.45) is 7.05. The highest BCUT2D eigenvalue weighted by atomic mass is 16.5. The number of carbonyl (C=O) groups is 1. The minimum absolute atomic E-state index is 0.135. The van der Waals surface area contributed by atoms with E-state index in [2.05, 4.69) is 20.5 Å². The molecule has 8 heteroatoms. The zero-order chi connectivity index (χ0) is 18.9. The molecule has 0 N–H and O–H groups in total. The van der Waals surface area contributed by atoms with Crippen LogP contribution < -0.4 is 0 Å². The van der Waals surface area contributed by atoms with Gasteiger partial charge in [0, 0.05) is 24.6 Å². The standard InChI is InChI=1S/C20H22N6O2/c27-20(15-8-4-9-15)25-11-5-10-16(12-25)26-13-17(22-24-26)19-21-18(23-28-19)14-6-2-1-3-7-14/h1-3,6-7,13,15-16H,4-5,8-12H2/t16-/m0/s1. The number of piperidine rings is 1. The lowest BCUT2D eigenvalue weighted by Crippen LogP contribution is -2.45. The molecule has 1 saturated carbocycles. The fourth-order valence-electron chi connectivity index (χ4n) is 3.87. The molecule has 1 amide bonds. The first-order chi connectivity index (χ1) is 13.8. The van der Waals surface area contributed by atoms with E-state index in [4.69, 9.17) is 4.52 Å². The summed E-state index contributed by atoms with van der Waals surface area (Å²) >= 11 is 0. The molecule has 1 aromatic carbocycles. The van der Waals surface area contributed by atoms with Crippen molar-refractivity contribution in [2.75, 3.05) is 13.1 Å². The van der Waals surface area contributed by atoms with Crippen LogP contribution in [0.25, 0.3) is 23.0 Å². The molecule has 0 radical (unpaired) electrons. The summed E-state index contributed by atoms with van der Waals surface area (Å²) in [4.78, 5) is 19.0. The topological polar surface area (TPSA) is 89.9 Å². The predicted octanol–water partition coefficient (Wildman–Crippen LogP) is 2.96. The summed E-state index contributed by atoms with van der Waals surface area (Å²) in [5.74, 6) is 1.42. The van der Waals surface area contributed by atoms with Crippen LogP contribution in [0.5, 0.6) is 0 Å². The van der Waals surface area contributed by atoms with Gasteiger partial charge in [-0.2, -0.15) is 4.98 Å². The van der Waals surface area contributed by atoms with Crippen LogP contribution in [0.1, 0.15) is 38.1 Å². The summed E-state index contributed by atoms with van der Waals surface area (Å²) in [6, 6.07) is 9.81. The normalized spacial score (nSPS) is 20.1. The highest BCUT2D eigenvalue weighted by molar-refractivity contribution is 5.79. The molecule has 1 aliphatic carbocycles. The molecule has 3 heterocycles. The van der Waals surface area contributed by atoms with Crippen LogP contribution in [0.3, 0.4) is 0 Å². The van der Waals surface area contributed by atoms with Crippen molar-refractivity contribution >= 4 is 5.91 Å². The largest absolute Gasteiger partial charge is 0.340 e. The second-order valence-electron chi connectivity index (χ2n) is 7.58. The minimum Gasteiger partial charge on any atom is -0.340 e. The van der Waals surface area contributed by atoms with E-state index in [1.54, 1.807) is 0 Å². The van der Waals surface area contributed by atoms with Crippen LogP contribution in [0.2, 0.25) is 0 Å². The van der Waals surface area contributed by atoms with E-state index < -0.39 is 0 Å². The molecule has 144 valence electrons. The average Bonchev–Trinajstić information content (AvgIpc) is 3.37. The second kappa shape index (κ2) is 7.18. The van der Waals surface area contributed by atoms with E-state index in [0.717, 1.165) is 37.8 Å². The van der Waals surface area contributed by atoms with Crippen LogP contribution in [-0.4, -0.2) is 49.0 Å². The third-order valence-electron chi connectivity index (χ3n) is 5.72. The maximum absolute atomic E-state index is 12.6. The van der Waals surface area contributed by atoms with Gasteiger partial charge in [-0.1, -0.05) is 47.1 Å². The third kappa shape index (κ3) is 3.19. The molecular weight excluding hydrogens is 356 g/mol. The summed E-state index contributed by atoms with van der Waals surface area (Å²) in [7, 11) is 0. The van der Waals surface area contributed by atoms with E-state index >= 15 is 0 Å². The fraction of sp³-hybridized carbons (Fsp3) is 0.450. The number of nitrogens with zero attached hydrogens (tertiary/aromatic N) is 6. The van der Waals surface area contributed by atoms with Gasteiger partial charge in [0.05, 0.1) is 12.2 Å². The number of benzene rings is 1. The lowest BCUT2D eigenvalue weighted by atomic mass is 9.84. The van der Waals surface area contributed by atoms with E-state index in [0.29, 0.717) is 29.9 Å². The van der Waals surface area contributed by atoms with Crippen molar-refractivity contribution in [1.29, 1.82) is 0 Å². The van der Waals surface area contributed by atoms with E-state index in [1.807, 2.05) is 46.1 Å². The SMILES string of the molecule is O=C(C1CCC1)N1CCC[C@H](n2cc(-c3nc(-c4ccccc4)no3)nn2)C1. The van der Waals surface area contributed by atoms with Crippen molar-refractivity contribution in [3.8, 4) is 23.0 Å². The van der Waals surface area contributed by atoms with Gasteiger partial charge < -0.3 is 9.42 Å². The van der Waals surface area contributed by atoms with Crippen LogP contribution in [0, 0.1) is 5.92 Å². The van der Waals surface area contributed by atoms with Gasteiger partial charge in [0.1, 0.15) is 0 Å². The summed E-state index contributed by atoms with van der Waals surface area (Å²) < 4.78 is 7.21. The molecule has 3 aromatic rings. The van der Waals surface area contributed by atoms with E-state index in [1.165, 1.54) is 6.42 Å². The first-order valence-corrected chi connectivity index (χ1v) is 9.88. The molecule has 2 aromatic heterocycles. The molecule has 1 atom stereocenters. The molecule has 1 saturated heterocycles. The molecule has 28 heavy (non-hydrogen) atoms. The summed E-state index contributed by atoms with van der Waals surface area (Å²) in [5, 5.41) is 12.5. The number of aromatic nitrogens is 5. The number of rotatable bonds is 4. The molecule has 2 fully saturated rings. The van der Waals surface area contributed by atoms with E-state index in [9.17, 15) is 4.79 Å². The highest BCUT2D eigenvalue weighted by Gasteiger charge is 2.33. The van der Waals surface area contributed by atoms with Crippen molar-refractivity contribution in [1.82, 2.24) is 30.0 Å². The van der Waals surface area contributed by atoms with Crippen LogP contribution in [-0.2, 0) is 4.79 Å². The Morgan fingerprint density at radius 3 is 2.75 bits per heavy atom. The first kappa shape index (κ1) is 17.1. The molecule has 0 bridgehead atoms. The van der Waals surface area contributed by atoms with Gasteiger partial charge in [-0.3, -0.25) is 4.79 Å². The average molecular weight is 378 g/mol. The van der Waals surface area contributed by atoms with E-state index in [-0.39, 0.29) is 12.0 Å². The number of amides is 1. The van der Waals surface area contributed by atoms with Gasteiger partial charge in [0.15, 0.2) is 5.69 Å². The summed E-state index contributed by atoms with van der Waals surface area (Å²) in [6.45, 7) is 1.54. The molecule has 8 nitrogen and oxygen atoms in total. The zero-order valence-electron chi connectivity index (χ0n) is 15.6. The van der Waals surface area contributed by atoms with Gasteiger partial charge >= 0.3 is 0 Å². The Labute approximate surface area is 162 Å². The van der Waals surface area contributed by atoms with Gasteiger partial charge in [0.25, 0.3) is 5.89 Å². The number of hydrogen-bond donors (Lipinski definition) is 0. The predicted molar refractivity (Wildman–Crippen MR) is 101 cm³/mol. The van der Waals surface area contributed by atoms with Gasteiger partial charge in [-0.15, -0.1) is 5.10 Å². The number of likely N-dealkylation sites (tertiary alicyclic amines) is 1. The zero-order valence-corrected chi connectivity index (χ0v) is 15.6. The Kier molecular flexibility index (Phi) is 4.38. The fourth-order valence-corrected chi connectivity index (χ4v) is 3.87. The Morgan fingerprint density at radius 1 is 1.11 bits per heavy atom. The summed E-state index contributed by atoms with van der Waals surface area (Å²) in [5.41, 5.74) is 1.44. The van der Waals surface area contributed by atoms with Gasteiger partial charge in [0.2, 0.25) is 11.7 Å². The first-order valence-electron chi connectivity index (χ1n) is 9.88. The molecule has 5 rings (SSSR count). The lowest BCUT2D eigenvalue weighted by molar-refractivity contribution is -0.139. The lowest BCUT2D eigenvalue weighted by Gasteiger charge is -2.37. The maximum Gasteiger partial charge on any atom is 0.280 e.